The minimum atomic E-state index is -1.17. The lowest BCUT2D eigenvalue weighted by atomic mass is 10.2. The summed E-state index contributed by atoms with van der Waals surface area (Å²) in [6.07, 6.45) is 0.823. The molecule has 0 unspecified atom stereocenters. The Kier molecular flexibility index (Phi) is 5.00. The molecule has 0 aliphatic carbocycles. The first-order chi connectivity index (χ1) is 8.15. The lowest BCUT2D eigenvalue weighted by molar-refractivity contribution is -0.131. The third kappa shape index (κ3) is 4.55. The summed E-state index contributed by atoms with van der Waals surface area (Å²) in [7, 11) is 1.57. The molecule has 0 atom stereocenters. The number of carboxylic acid groups (broad SMARTS) is 1. The van der Waals surface area contributed by atoms with Gasteiger partial charge in [-0.2, -0.15) is 0 Å². The highest BCUT2D eigenvalue weighted by Gasteiger charge is 2.00. The van der Waals surface area contributed by atoms with Gasteiger partial charge in [-0.15, -0.1) is 0 Å². The second-order valence-electron chi connectivity index (χ2n) is 3.34. The van der Waals surface area contributed by atoms with Gasteiger partial charge in [0.2, 0.25) is 0 Å². The van der Waals surface area contributed by atoms with Gasteiger partial charge in [-0.3, -0.25) is 0 Å². The van der Waals surface area contributed by atoms with Gasteiger partial charge in [-0.05, 0) is 17.7 Å². The Morgan fingerprint density at radius 2 is 2.12 bits per heavy atom. The van der Waals surface area contributed by atoms with Crippen LogP contribution in [0.25, 0.3) is 0 Å². The van der Waals surface area contributed by atoms with Crippen LogP contribution in [-0.4, -0.2) is 24.9 Å². The predicted octanol–water partition coefficient (Wildman–Crippen LogP) is 1.72. The Morgan fingerprint density at radius 3 is 2.59 bits per heavy atom. The Hall–Kier alpha value is -2.04. The molecular weight excluding hydrogens is 225 g/mol. The largest absolute Gasteiger partial charge is 0.497 e. The van der Waals surface area contributed by atoms with E-state index in [4.69, 9.17) is 9.84 Å². The second-order valence-corrected chi connectivity index (χ2v) is 3.34. The van der Waals surface area contributed by atoms with Crippen molar-refractivity contribution in [1.29, 1.82) is 0 Å². The number of nitrogens with one attached hydrogen (secondary N) is 1. The molecule has 1 rings (SSSR count). The van der Waals surface area contributed by atoms with Crippen LogP contribution >= 0.6 is 0 Å². The molecule has 0 amide bonds. The molecule has 1 aromatic rings. The average molecular weight is 239 g/mol. The van der Waals surface area contributed by atoms with E-state index in [0.717, 1.165) is 17.4 Å². The first kappa shape index (κ1) is 13.0. The summed E-state index contributed by atoms with van der Waals surface area (Å²) in [5, 5.41) is 11.2. The van der Waals surface area contributed by atoms with Crippen molar-refractivity contribution in [2.45, 2.75) is 6.54 Å². The van der Waals surface area contributed by atoms with Gasteiger partial charge < -0.3 is 15.2 Å². The third-order valence-corrected chi connectivity index (χ3v) is 2.12. The lowest BCUT2D eigenvalue weighted by Crippen LogP contribution is -2.15. The second kappa shape index (κ2) is 6.52. The minimum absolute atomic E-state index is 0.0494. The fourth-order valence-electron chi connectivity index (χ4n) is 1.24. The first-order valence-corrected chi connectivity index (χ1v) is 5.02. The molecule has 0 aliphatic rings. The summed E-state index contributed by atoms with van der Waals surface area (Å²) < 4.78 is 17.4. The molecule has 0 fully saturated rings. The summed E-state index contributed by atoms with van der Waals surface area (Å²) >= 11 is 0. The summed E-state index contributed by atoms with van der Waals surface area (Å²) in [5.74, 6) is -0.430. The maximum Gasteiger partial charge on any atom is 0.330 e. The molecular formula is C12H14FNO3. The van der Waals surface area contributed by atoms with E-state index in [0.29, 0.717) is 6.54 Å². The SMILES string of the molecule is COc1ccc(CNC(=CC(=O)O)CF)cc1. The highest BCUT2D eigenvalue weighted by atomic mass is 19.1. The molecule has 0 spiro atoms. The Labute approximate surface area is 98.7 Å². The molecule has 0 aromatic heterocycles. The van der Waals surface area contributed by atoms with Crippen LogP contribution < -0.4 is 10.1 Å². The number of allylic oxidation sites excluding steroid dienone is 1. The van der Waals surface area contributed by atoms with Crippen LogP contribution in [0.4, 0.5) is 4.39 Å². The highest BCUT2D eigenvalue weighted by molar-refractivity contribution is 5.80. The number of methoxy groups -OCH3 is 1. The fourth-order valence-corrected chi connectivity index (χ4v) is 1.24. The van der Waals surface area contributed by atoms with Crippen LogP contribution in [0, 0.1) is 0 Å². The van der Waals surface area contributed by atoms with Crippen molar-refractivity contribution in [3.05, 3.63) is 41.6 Å². The number of alkyl halides is 1. The van der Waals surface area contributed by atoms with Gasteiger partial charge in [0, 0.05) is 18.3 Å². The van der Waals surface area contributed by atoms with Gasteiger partial charge >= 0.3 is 5.97 Å². The Balaban J connectivity index is 2.56. The van der Waals surface area contributed by atoms with Crippen molar-refractivity contribution in [2.75, 3.05) is 13.8 Å². The van der Waals surface area contributed by atoms with Crippen molar-refractivity contribution < 1.29 is 19.0 Å². The van der Waals surface area contributed by atoms with E-state index in [1.807, 2.05) is 12.1 Å². The molecule has 0 heterocycles. The summed E-state index contributed by atoms with van der Waals surface area (Å²) in [5.41, 5.74) is 0.962. The van der Waals surface area contributed by atoms with Crippen molar-refractivity contribution in [1.82, 2.24) is 5.32 Å². The van der Waals surface area contributed by atoms with Crippen molar-refractivity contribution in [3.63, 3.8) is 0 Å². The number of aliphatic carboxylic acids is 1. The smallest absolute Gasteiger partial charge is 0.330 e. The van der Waals surface area contributed by atoms with Gasteiger partial charge in [-0.1, -0.05) is 12.1 Å². The average Bonchev–Trinajstić information content (AvgIpc) is 2.34. The molecule has 0 radical (unpaired) electrons. The summed E-state index contributed by atoms with van der Waals surface area (Å²) in [6.45, 7) is -0.463. The van der Waals surface area contributed by atoms with Crippen LogP contribution in [0.15, 0.2) is 36.0 Å². The van der Waals surface area contributed by atoms with Gasteiger partial charge in [0.15, 0.2) is 0 Å². The monoisotopic (exact) mass is 239 g/mol. The summed E-state index contributed by atoms with van der Waals surface area (Å²) in [6, 6.07) is 7.21. The molecule has 2 N–H and O–H groups in total. The van der Waals surface area contributed by atoms with Crippen molar-refractivity contribution >= 4 is 5.97 Å². The van der Waals surface area contributed by atoms with Crippen LogP contribution in [0.2, 0.25) is 0 Å². The van der Waals surface area contributed by atoms with Crippen LogP contribution in [0.5, 0.6) is 5.75 Å². The zero-order chi connectivity index (χ0) is 12.7. The van der Waals surface area contributed by atoms with E-state index in [-0.39, 0.29) is 5.70 Å². The molecule has 0 saturated carbocycles. The number of hydrogen-bond acceptors (Lipinski definition) is 3. The standard InChI is InChI=1S/C12H14FNO3/c1-17-11-4-2-9(3-5-11)8-14-10(7-13)6-12(15)16/h2-6,14H,7-8H2,1H3,(H,15,16). The number of carboxylic acids is 1. The normalized spacial score (nSPS) is 11.1. The van der Waals surface area contributed by atoms with E-state index in [1.54, 1.807) is 19.2 Å². The number of benzene rings is 1. The molecule has 1 aromatic carbocycles. The predicted molar refractivity (Wildman–Crippen MR) is 61.5 cm³/mol. The Morgan fingerprint density at radius 1 is 1.47 bits per heavy atom. The van der Waals surface area contributed by atoms with Gasteiger partial charge in [0.1, 0.15) is 12.4 Å². The number of ether oxygens (including phenoxy) is 1. The van der Waals surface area contributed by atoms with Crippen LogP contribution in [0.3, 0.4) is 0 Å². The number of halogens is 1. The zero-order valence-corrected chi connectivity index (χ0v) is 9.44. The van der Waals surface area contributed by atoms with E-state index >= 15 is 0 Å². The maximum absolute atomic E-state index is 12.4. The topological polar surface area (TPSA) is 58.6 Å². The van der Waals surface area contributed by atoms with Gasteiger partial charge in [0.05, 0.1) is 7.11 Å². The number of hydrogen-bond donors (Lipinski definition) is 2. The Bertz CT molecular complexity index is 401. The molecule has 0 aliphatic heterocycles. The van der Waals surface area contributed by atoms with E-state index in [2.05, 4.69) is 5.32 Å². The molecule has 0 saturated heterocycles. The van der Waals surface area contributed by atoms with Crippen LogP contribution in [0.1, 0.15) is 5.56 Å². The van der Waals surface area contributed by atoms with E-state index in [9.17, 15) is 9.18 Å². The van der Waals surface area contributed by atoms with Crippen LogP contribution in [-0.2, 0) is 11.3 Å². The lowest BCUT2D eigenvalue weighted by Gasteiger charge is -2.07. The molecule has 4 nitrogen and oxygen atoms in total. The summed E-state index contributed by atoms with van der Waals surface area (Å²) in [4.78, 5) is 10.4. The third-order valence-electron chi connectivity index (χ3n) is 2.12. The zero-order valence-electron chi connectivity index (χ0n) is 9.44. The molecule has 0 bridgehead atoms. The quantitative estimate of drug-likeness (QED) is 0.742. The highest BCUT2D eigenvalue weighted by Crippen LogP contribution is 2.11. The first-order valence-electron chi connectivity index (χ1n) is 5.02. The minimum Gasteiger partial charge on any atom is -0.497 e. The van der Waals surface area contributed by atoms with E-state index < -0.39 is 12.6 Å². The number of rotatable bonds is 6. The van der Waals surface area contributed by atoms with Gasteiger partial charge in [0.25, 0.3) is 0 Å². The molecule has 17 heavy (non-hydrogen) atoms. The fraction of sp³-hybridized carbons (Fsp3) is 0.250. The molecule has 92 valence electrons. The van der Waals surface area contributed by atoms with Crippen molar-refractivity contribution in [2.24, 2.45) is 0 Å². The maximum atomic E-state index is 12.4. The number of carbonyl (C=O) groups is 1. The van der Waals surface area contributed by atoms with Gasteiger partial charge in [-0.25, -0.2) is 9.18 Å². The van der Waals surface area contributed by atoms with E-state index in [1.165, 1.54) is 0 Å². The van der Waals surface area contributed by atoms with Crippen molar-refractivity contribution in [3.8, 4) is 5.75 Å². The molecule has 5 heteroatoms.